The zero-order valence-electron chi connectivity index (χ0n) is 3.65. The summed E-state index contributed by atoms with van der Waals surface area (Å²) in [5.74, 6) is 0. The van der Waals surface area contributed by atoms with Crippen molar-refractivity contribution in [2.24, 2.45) is 0 Å². The second-order valence-corrected chi connectivity index (χ2v) is 2.12. The molecule has 1 aromatic heterocycles. The molecule has 1 heterocycles. The number of thiophene rings is 1. The molecule has 7 heavy (non-hydrogen) atoms. The van der Waals surface area contributed by atoms with Crippen LogP contribution in [0.15, 0.2) is 11.4 Å². The molecule has 0 amide bonds. The first-order valence-corrected chi connectivity index (χ1v) is 2.73. The molecule has 0 fully saturated rings. The highest BCUT2D eigenvalue weighted by Gasteiger charge is 1.88. The Balaban J connectivity index is 3.04. The minimum Gasteiger partial charge on any atom is -0.195 e. The Bertz CT molecular complexity index is 140. The fourth-order valence-corrected chi connectivity index (χ4v) is 0.897. The van der Waals surface area contributed by atoms with Crippen LogP contribution in [0, 0.1) is 12.1 Å². The van der Waals surface area contributed by atoms with Gasteiger partial charge in [0.25, 0.3) is 0 Å². The lowest BCUT2D eigenvalue weighted by molar-refractivity contribution is 0.657. The summed E-state index contributed by atoms with van der Waals surface area (Å²) in [4.78, 5) is 0. The van der Waals surface area contributed by atoms with E-state index in [0.29, 0.717) is 0 Å². The highest BCUT2D eigenvalue weighted by Crippen LogP contribution is 2.09. The van der Waals surface area contributed by atoms with Crippen LogP contribution in [-0.4, -0.2) is 0 Å². The maximum absolute atomic E-state index is 11.9. The molecular formula is C5H4FS. The SMILES string of the molecule is [CH2]c1csc(F)c1. The van der Waals surface area contributed by atoms with Gasteiger partial charge >= 0.3 is 0 Å². The molecule has 0 atom stereocenters. The Morgan fingerprint density at radius 3 is 2.57 bits per heavy atom. The molecule has 0 saturated heterocycles. The second-order valence-electron chi connectivity index (χ2n) is 1.26. The van der Waals surface area contributed by atoms with Gasteiger partial charge in [-0.15, -0.1) is 11.3 Å². The maximum Gasteiger partial charge on any atom is 0.176 e. The Labute approximate surface area is 45.6 Å². The second kappa shape index (κ2) is 1.62. The normalized spacial score (nSPS) is 9.43. The third-order valence-corrected chi connectivity index (χ3v) is 1.39. The minimum atomic E-state index is -0.162. The molecule has 0 saturated carbocycles. The van der Waals surface area contributed by atoms with Gasteiger partial charge in [-0.2, -0.15) is 4.39 Å². The summed E-state index contributed by atoms with van der Waals surface area (Å²) in [5, 5.41) is 1.51. The quantitative estimate of drug-likeness (QED) is 0.485. The Morgan fingerprint density at radius 2 is 2.43 bits per heavy atom. The van der Waals surface area contributed by atoms with Crippen LogP contribution >= 0.6 is 11.3 Å². The molecule has 0 nitrogen and oxygen atoms in total. The van der Waals surface area contributed by atoms with Crippen LogP contribution in [0.1, 0.15) is 5.56 Å². The van der Waals surface area contributed by atoms with Crippen molar-refractivity contribution in [1.29, 1.82) is 0 Å². The Hall–Kier alpha value is -0.370. The topological polar surface area (TPSA) is 0 Å². The van der Waals surface area contributed by atoms with Crippen LogP contribution < -0.4 is 0 Å². The summed E-state index contributed by atoms with van der Waals surface area (Å²) in [7, 11) is 0. The number of hydrogen-bond donors (Lipinski definition) is 0. The summed E-state index contributed by atoms with van der Waals surface area (Å²) in [6.07, 6.45) is 0. The van der Waals surface area contributed by atoms with Gasteiger partial charge in [0.1, 0.15) is 0 Å². The fourth-order valence-electron chi connectivity index (χ4n) is 0.346. The summed E-state index contributed by atoms with van der Waals surface area (Å²) in [6.45, 7) is 3.51. The Kier molecular flexibility index (Phi) is 1.11. The molecule has 37 valence electrons. The maximum atomic E-state index is 11.9. The van der Waals surface area contributed by atoms with Crippen molar-refractivity contribution in [1.82, 2.24) is 0 Å². The van der Waals surface area contributed by atoms with Crippen molar-refractivity contribution in [3.8, 4) is 0 Å². The zero-order valence-corrected chi connectivity index (χ0v) is 4.46. The molecule has 0 unspecified atom stereocenters. The lowest BCUT2D eigenvalue weighted by Gasteiger charge is -1.66. The monoisotopic (exact) mass is 115 g/mol. The van der Waals surface area contributed by atoms with E-state index >= 15 is 0 Å². The molecule has 0 N–H and O–H groups in total. The van der Waals surface area contributed by atoms with Gasteiger partial charge in [-0.25, -0.2) is 0 Å². The van der Waals surface area contributed by atoms with Gasteiger partial charge in [0.05, 0.1) is 0 Å². The lowest BCUT2D eigenvalue weighted by Crippen LogP contribution is -1.53. The standard InChI is InChI=1S/C5H4FS/c1-4-2-5(6)7-3-4/h2-3H,1H2. The van der Waals surface area contributed by atoms with Gasteiger partial charge in [0, 0.05) is 0 Å². The van der Waals surface area contributed by atoms with E-state index in [9.17, 15) is 4.39 Å². The highest BCUT2D eigenvalue weighted by atomic mass is 32.1. The molecule has 1 aromatic rings. The number of rotatable bonds is 0. The van der Waals surface area contributed by atoms with Gasteiger partial charge < -0.3 is 0 Å². The van der Waals surface area contributed by atoms with E-state index in [2.05, 4.69) is 6.92 Å². The van der Waals surface area contributed by atoms with Crippen LogP contribution in [0.2, 0.25) is 0 Å². The largest absolute Gasteiger partial charge is 0.195 e. The first-order chi connectivity index (χ1) is 3.29. The highest BCUT2D eigenvalue weighted by molar-refractivity contribution is 7.08. The molecule has 2 heteroatoms. The zero-order chi connectivity index (χ0) is 5.28. The molecule has 1 rings (SSSR count). The third kappa shape index (κ3) is 0.996. The predicted molar refractivity (Wildman–Crippen MR) is 28.7 cm³/mol. The van der Waals surface area contributed by atoms with Gasteiger partial charge in [-0.3, -0.25) is 0 Å². The van der Waals surface area contributed by atoms with Crippen molar-refractivity contribution >= 4 is 11.3 Å². The van der Waals surface area contributed by atoms with E-state index in [1.165, 1.54) is 6.07 Å². The minimum absolute atomic E-state index is 0.162. The van der Waals surface area contributed by atoms with Gasteiger partial charge in [-0.1, -0.05) is 0 Å². The lowest BCUT2D eigenvalue weighted by atomic mass is 10.4. The van der Waals surface area contributed by atoms with Crippen molar-refractivity contribution in [3.05, 3.63) is 29.1 Å². The molecule has 0 aliphatic carbocycles. The summed E-state index contributed by atoms with van der Waals surface area (Å²) < 4.78 is 11.9. The van der Waals surface area contributed by atoms with E-state index in [1.54, 1.807) is 5.38 Å². The summed E-state index contributed by atoms with van der Waals surface area (Å²) >= 11 is 1.08. The average molecular weight is 115 g/mol. The van der Waals surface area contributed by atoms with Crippen LogP contribution in [0.4, 0.5) is 4.39 Å². The van der Waals surface area contributed by atoms with E-state index in [1.807, 2.05) is 0 Å². The molecule has 0 bridgehead atoms. The van der Waals surface area contributed by atoms with E-state index in [-0.39, 0.29) is 5.13 Å². The smallest absolute Gasteiger partial charge is 0.176 e. The van der Waals surface area contributed by atoms with E-state index in [4.69, 9.17) is 0 Å². The first kappa shape index (κ1) is 4.78. The number of halogens is 1. The molecule has 1 radical (unpaired) electrons. The van der Waals surface area contributed by atoms with Crippen LogP contribution in [0.5, 0.6) is 0 Å². The average Bonchev–Trinajstić information content (AvgIpc) is 1.87. The van der Waals surface area contributed by atoms with Crippen LogP contribution in [-0.2, 0) is 0 Å². The molecular weight excluding hydrogens is 111 g/mol. The van der Waals surface area contributed by atoms with E-state index < -0.39 is 0 Å². The predicted octanol–water partition coefficient (Wildman–Crippen LogP) is 2.07. The number of hydrogen-bond acceptors (Lipinski definition) is 1. The third-order valence-electron chi connectivity index (χ3n) is 0.622. The van der Waals surface area contributed by atoms with Crippen LogP contribution in [0.3, 0.4) is 0 Å². The van der Waals surface area contributed by atoms with Crippen molar-refractivity contribution in [3.63, 3.8) is 0 Å². The van der Waals surface area contributed by atoms with Crippen molar-refractivity contribution in [2.75, 3.05) is 0 Å². The molecule has 0 aliphatic heterocycles. The summed E-state index contributed by atoms with van der Waals surface area (Å²) in [5.41, 5.74) is 0.752. The van der Waals surface area contributed by atoms with Gasteiger partial charge in [-0.05, 0) is 23.9 Å². The van der Waals surface area contributed by atoms with Crippen LogP contribution in [0.25, 0.3) is 0 Å². The first-order valence-electron chi connectivity index (χ1n) is 1.85. The van der Waals surface area contributed by atoms with Crippen molar-refractivity contribution in [2.45, 2.75) is 0 Å². The van der Waals surface area contributed by atoms with E-state index in [0.717, 1.165) is 16.9 Å². The van der Waals surface area contributed by atoms with Gasteiger partial charge in [0.2, 0.25) is 0 Å². The van der Waals surface area contributed by atoms with Crippen molar-refractivity contribution < 1.29 is 4.39 Å². The summed E-state index contributed by atoms with van der Waals surface area (Å²) in [6, 6.07) is 1.41. The molecule has 0 aliphatic rings. The molecule has 0 spiro atoms. The Morgan fingerprint density at radius 1 is 1.71 bits per heavy atom. The molecule has 0 aromatic carbocycles. The fraction of sp³-hybridized carbons (Fsp3) is 0. The van der Waals surface area contributed by atoms with Gasteiger partial charge in [0.15, 0.2) is 5.13 Å².